The molecule has 0 bridgehead atoms. The molecule has 1 aliphatic carbocycles. The number of carbonyl (C=O) groups is 1. The van der Waals surface area contributed by atoms with Crippen molar-refractivity contribution in [2.45, 2.75) is 55.2 Å². The topological polar surface area (TPSA) is 77.0 Å². The third-order valence-corrected chi connectivity index (χ3v) is 6.19. The van der Waals surface area contributed by atoms with Gasteiger partial charge in [0.2, 0.25) is 5.91 Å². The van der Waals surface area contributed by atoms with E-state index in [0.717, 1.165) is 33.5 Å². The fourth-order valence-electron chi connectivity index (χ4n) is 3.20. The molecule has 3 aromatic heterocycles. The number of carbonyl (C=O) groups excluding carboxylic acids is 1. The number of nitrogens with zero attached hydrogens (tertiary/aromatic N) is 3. The summed E-state index contributed by atoms with van der Waals surface area (Å²) < 4.78 is 6.18. The number of pyridine rings is 2. The van der Waals surface area contributed by atoms with E-state index in [1.807, 2.05) is 37.3 Å². The molecule has 0 unspecified atom stereocenters. The van der Waals surface area contributed by atoms with Gasteiger partial charge in [-0.25, -0.2) is 15.0 Å². The second-order valence-corrected chi connectivity index (χ2v) is 9.20. The summed E-state index contributed by atoms with van der Waals surface area (Å²) in [6.07, 6.45) is 8.46. The molecule has 4 rings (SSSR count). The number of hydrogen-bond acceptors (Lipinski definition) is 7. The van der Waals surface area contributed by atoms with E-state index >= 15 is 0 Å². The predicted molar refractivity (Wildman–Crippen MR) is 115 cm³/mol. The molecule has 1 N–H and O–H groups in total. The number of amides is 1. The molecule has 1 amide bonds. The smallest absolute Gasteiger partial charge is 0.232 e. The Labute approximate surface area is 178 Å². The van der Waals surface area contributed by atoms with Crippen LogP contribution in [-0.4, -0.2) is 27.0 Å². The van der Waals surface area contributed by atoms with Gasteiger partial charge in [0.05, 0.1) is 18.2 Å². The standard InChI is InChI=1S/C21H22N4O2S2/c1-14-13-23-21(28-14)25-18(26)11-15-10-17(27-16-6-2-3-7-16)12-20(24-15)29-19-8-4-5-9-22-19/h4-5,8-10,12-13,16H,2-3,6-7,11H2,1H3,(H,23,25,26). The second kappa shape index (κ2) is 9.37. The van der Waals surface area contributed by atoms with Crippen molar-refractivity contribution < 1.29 is 9.53 Å². The summed E-state index contributed by atoms with van der Waals surface area (Å²) in [5.74, 6) is 0.622. The molecule has 1 aliphatic rings. The summed E-state index contributed by atoms with van der Waals surface area (Å²) in [6.45, 7) is 1.96. The fraction of sp³-hybridized carbons (Fsp3) is 0.333. The lowest BCUT2D eigenvalue weighted by Gasteiger charge is -2.15. The summed E-state index contributed by atoms with van der Waals surface area (Å²) >= 11 is 2.92. The third kappa shape index (κ3) is 5.77. The van der Waals surface area contributed by atoms with E-state index in [2.05, 4.69) is 20.3 Å². The van der Waals surface area contributed by atoms with Gasteiger partial charge in [0.15, 0.2) is 5.13 Å². The molecule has 1 saturated carbocycles. The van der Waals surface area contributed by atoms with Crippen molar-refractivity contribution in [3.8, 4) is 5.75 Å². The highest BCUT2D eigenvalue weighted by atomic mass is 32.2. The monoisotopic (exact) mass is 426 g/mol. The van der Waals surface area contributed by atoms with E-state index in [-0.39, 0.29) is 18.4 Å². The summed E-state index contributed by atoms with van der Waals surface area (Å²) in [5.41, 5.74) is 0.671. The zero-order valence-electron chi connectivity index (χ0n) is 16.1. The number of aromatic nitrogens is 3. The molecule has 3 heterocycles. The van der Waals surface area contributed by atoms with E-state index in [1.54, 1.807) is 12.4 Å². The van der Waals surface area contributed by atoms with Crippen molar-refractivity contribution in [2.24, 2.45) is 0 Å². The van der Waals surface area contributed by atoms with Crippen molar-refractivity contribution in [2.75, 3.05) is 5.32 Å². The molecule has 0 radical (unpaired) electrons. The van der Waals surface area contributed by atoms with Gasteiger partial charge in [0, 0.05) is 29.4 Å². The van der Waals surface area contributed by atoms with Crippen LogP contribution in [0.3, 0.4) is 0 Å². The maximum absolute atomic E-state index is 12.5. The van der Waals surface area contributed by atoms with E-state index in [1.165, 1.54) is 35.9 Å². The molecule has 0 spiro atoms. The molecule has 6 nitrogen and oxygen atoms in total. The van der Waals surface area contributed by atoms with Gasteiger partial charge >= 0.3 is 0 Å². The van der Waals surface area contributed by atoms with Crippen molar-refractivity contribution in [1.29, 1.82) is 0 Å². The molecule has 0 atom stereocenters. The Hall–Kier alpha value is -2.45. The minimum atomic E-state index is -0.140. The fourth-order valence-corrected chi connectivity index (χ4v) is 4.69. The summed E-state index contributed by atoms with van der Waals surface area (Å²) in [7, 11) is 0. The minimum absolute atomic E-state index is 0.140. The van der Waals surface area contributed by atoms with Crippen LogP contribution in [0.2, 0.25) is 0 Å². The molecule has 8 heteroatoms. The largest absolute Gasteiger partial charge is 0.490 e. The van der Waals surface area contributed by atoms with Crippen LogP contribution in [0.15, 0.2) is 52.8 Å². The Balaban J connectivity index is 1.52. The molecule has 150 valence electrons. The minimum Gasteiger partial charge on any atom is -0.490 e. The molecule has 0 aliphatic heterocycles. The van der Waals surface area contributed by atoms with Crippen LogP contribution < -0.4 is 10.1 Å². The van der Waals surface area contributed by atoms with Crippen LogP contribution in [0.5, 0.6) is 5.75 Å². The number of nitrogens with one attached hydrogen (secondary N) is 1. The lowest BCUT2D eigenvalue weighted by atomic mass is 10.2. The quantitative estimate of drug-likeness (QED) is 0.579. The highest BCUT2D eigenvalue weighted by molar-refractivity contribution is 7.99. The summed E-state index contributed by atoms with van der Waals surface area (Å²) in [4.78, 5) is 26.7. The van der Waals surface area contributed by atoms with Crippen LogP contribution in [-0.2, 0) is 11.2 Å². The lowest BCUT2D eigenvalue weighted by molar-refractivity contribution is -0.115. The van der Waals surface area contributed by atoms with Gasteiger partial charge in [-0.1, -0.05) is 6.07 Å². The Morgan fingerprint density at radius 3 is 2.83 bits per heavy atom. The Bertz CT molecular complexity index is 972. The Morgan fingerprint density at radius 2 is 2.10 bits per heavy atom. The van der Waals surface area contributed by atoms with Gasteiger partial charge < -0.3 is 10.1 Å². The van der Waals surface area contributed by atoms with Crippen LogP contribution in [0.1, 0.15) is 36.3 Å². The van der Waals surface area contributed by atoms with Crippen LogP contribution in [0.4, 0.5) is 5.13 Å². The van der Waals surface area contributed by atoms with Crippen molar-refractivity contribution in [1.82, 2.24) is 15.0 Å². The van der Waals surface area contributed by atoms with Gasteiger partial charge in [-0.2, -0.15) is 0 Å². The zero-order chi connectivity index (χ0) is 20.1. The third-order valence-electron chi connectivity index (χ3n) is 4.49. The first kappa shape index (κ1) is 19.8. The van der Waals surface area contributed by atoms with Crippen LogP contribution in [0, 0.1) is 6.92 Å². The summed E-state index contributed by atoms with van der Waals surface area (Å²) in [5, 5.41) is 5.07. The van der Waals surface area contributed by atoms with Crippen molar-refractivity contribution in [3.05, 3.63) is 53.3 Å². The first-order valence-corrected chi connectivity index (χ1v) is 11.3. The normalized spacial score (nSPS) is 14.1. The van der Waals surface area contributed by atoms with Crippen molar-refractivity contribution >= 4 is 34.1 Å². The Morgan fingerprint density at radius 1 is 1.24 bits per heavy atom. The molecule has 0 aromatic carbocycles. The highest BCUT2D eigenvalue weighted by Crippen LogP contribution is 2.30. The molecule has 3 aromatic rings. The molecular formula is C21H22N4O2S2. The van der Waals surface area contributed by atoms with Crippen molar-refractivity contribution in [3.63, 3.8) is 0 Å². The van der Waals surface area contributed by atoms with E-state index < -0.39 is 0 Å². The van der Waals surface area contributed by atoms with Crippen LogP contribution >= 0.6 is 23.1 Å². The molecule has 1 fully saturated rings. The number of ether oxygens (including phenoxy) is 1. The number of hydrogen-bond donors (Lipinski definition) is 1. The number of rotatable bonds is 7. The predicted octanol–water partition coefficient (Wildman–Crippen LogP) is 4.90. The van der Waals surface area contributed by atoms with Gasteiger partial charge in [-0.15, -0.1) is 11.3 Å². The highest BCUT2D eigenvalue weighted by Gasteiger charge is 2.18. The van der Waals surface area contributed by atoms with Gasteiger partial charge in [-0.05, 0) is 56.5 Å². The molecule has 29 heavy (non-hydrogen) atoms. The first-order chi connectivity index (χ1) is 14.1. The molecular weight excluding hydrogens is 404 g/mol. The van der Waals surface area contributed by atoms with E-state index in [4.69, 9.17) is 4.74 Å². The average Bonchev–Trinajstić information content (AvgIpc) is 3.34. The van der Waals surface area contributed by atoms with Gasteiger partial charge in [-0.3, -0.25) is 4.79 Å². The van der Waals surface area contributed by atoms with E-state index in [0.29, 0.717) is 10.8 Å². The summed E-state index contributed by atoms with van der Waals surface area (Å²) in [6, 6.07) is 9.57. The Kier molecular flexibility index (Phi) is 6.41. The second-order valence-electron chi connectivity index (χ2n) is 6.93. The SMILES string of the molecule is Cc1cnc(NC(=O)Cc2cc(OC3CCCC3)cc(Sc3ccccn3)n2)s1. The zero-order valence-corrected chi connectivity index (χ0v) is 17.8. The maximum Gasteiger partial charge on any atom is 0.232 e. The van der Waals surface area contributed by atoms with Crippen LogP contribution in [0.25, 0.3) is 0 Å². The first-order valence-electron chi connectivity index (χ1n) is 9.63. The van der Waals surface area contributed by atoms with E-state index in [9.17, 15) is 4.79 Å². The number of aryl methyl sites for hydroxylation is 1. The molecule has 0 saturated heterocycles. The van der Waals surface area contributed by atoms with Gasteiger partial charge in [0.1, 0.15) is 15.8 Å². The average molecular weight is 427 g/mol. The maximum atomic E-state index is 12.5. The number of anilines is 1. The lowest BCUT2D eigenvalue weighted by Crippen LogP contribution is -2.16. The number of thiazole rings is 1. The van der Waals surface area contributed by atoms with Gasteiger partial charge in [0.25, 0.3) is 0 Å².